The predicted octanol–water partition coefficient (Wildman–Crippen LogP) is 4.84. The molecule has 0 bridgehead atoms. The van der Waals surface area contributed by atoms with Gasteiger partial charge in [0.15, 0.2) is 18.1 Å². The molecule has 0 saturated heterocycles. The van der Waals surface area contributed by atoms with E-state index in [0.29, 0.717) is 24.7 Å². The maximum Gasteiger partial charge on any atom is 0.258 e. The second-order valence-electron chi connectivity index (χ2n) is 8.37. The molecule has 2 aromatic carbocycles. The van der Waals surface area contributed by atoms with Gasteiger partial charge in [-0.25, -0.2) is 0 Å². The van der Waals surface area contributed by atoms with Gasteiger partial charge in [-0.15, -0.1) is 0 Å². The Labute approximate surface area is 186 Å². The molecule has 0 unspecified atom stereocenters. The number of hydrogen-bond donors (Lipinski definition) is 2. The third-order valence-electron chi connectivity index (χ3n) is 4.67. The van der Waals surface area contributed by atoms with Gasteiger partial charge in [0.2, 0.25) is 0 Å². The molecule has 0 saturated carbocycles. The molecule has 0 aliphatic rings. The Hall–Kier alpha value is -2.89. The molecule has 170 valence electrons. The monoisotopic (exact) mass is 427 g/mol. The molecule has 0 aliphatic heterocycles. The van der Waals surface area contributed by atoms with Gasteiger partial charge in [-0.1, -0.05) is 6.07 Å². The van der Waals surface area contributed by atoms with Crippen LogP contribution in [0.3, 0.4) is 0 Å². The van der Waals surface area contributed by atoms with E-state index in [0.717, 1.165) is 24.3 Å². The number of hydrogen-bond acceptors (Lipinski definition) is 5. The third kappa shape index (κ3) is 8.04. The highest BCUT2D eigenvalue weighted by Gasteiger charge is 2.15. The van der Waals surface area contributed by atoms with Gasteiger partial charge in [0.25, 0.3) is 5.91 Å². The van der Waals surface area contributed by atoms with Crippen molar-refractivity contribution in [3.8, 4) is 11.5 Å². The first-order chi connectivity index (χ1) is 14.8. The number of rotatable bonds is 11. The van der Waals surface area contributed by atoms with Crippen LogP contribution in [-0.2, 0) is 11.3 Å². The van der Waals surface area contributed by atoms with Crippen molar-refractivity contribution < 1.29 is 14.3 Å². The van der Waals surface area contributed by atoms with Gasteiger partial charge >= 0.3 is 0 Å². The van der Waals surface area contributed by atoms with Crippen molar-refractivity contribution in [2.75, 3.05) is 36.5 Å². The Balaban J connectivity index is 1.99. The first-order valence-corrected chi connectivity index (χ1v) is 11.0. The number of anilines is 2. The standard InChI is InChI=1S/C25H37N3O3/c1-7-28(8-2)21-13-11-20(12-14-21)26-17-19-10-15-22(23(16-19)30-9-3)31-18-24(29)27-25(4,5)6/h10-16,26H,7-9,17-18H2,1-6H3,(H,27,29). The molecule has 0 aromatic heterocycles. The molecule has 1 amide bonds. The summed E-state index contributed by atoms with van der Waals surface area (Å²) in [5.74, 6) is 1.05. The van der Waals surface area contributed by atoms with Gasteiger partial charge < -0.3 is 25.0 Å². The van der Waals surface area contributed by atoms with Crippen LogP contribution < -0.4 is 25.0 Å². The van der Waals surface area contributed by atoms with Crippen LogP contribution >= 0.6 is 0 Å². The van der Waals surface area contributed by atoms with Crippen molar-refractivity contribution in [1.82, 2.24) is 5.32 Å². The SMILES string of the molecule is CCOc1cc(CNc2ccc(N(CC)CC)cc2)ccc1OCC(=O)NC(C)(C)C. The van der Waals surface area contributed by atoms with Crippen molar-refractivity contribution in [3.05, 3.63) is 48.0 Å². The second-order valence-corrected chi connectivity index (χ2v) is 8.37. The van der Waals surface area contributed by atoms with Gasteiger partial charge in [-0.3, -0.25) is 4.79 Å². The lowest BCUT2D eigenvalue weighted by Crippen LogP contribution is -2.43. The fraction of sp³-hybridized carbons (Fsp3) is 0.480. The largest absolute Gasteiger partial charge is 0.490 e. The Morgan fingerprint density at radius 2 is 1.61 bits per heavy atom. The van der Waals surface area contributed by atoms with E-state index < -0.39 is 0 Å². The molecule has 2 aromatic rings. The average Bonchev–Trinajstić information content (AvgIpc) is 2.72. The number of ether oxygens (including phenoxy) is 2. The van der Waals surface area contributed by atoms with E-state index in [1.165, 1.54) is 5.69 Å². The van der Waals surface area contributed by atoms with E-state index in [1.807, 2.05) is 45.9 Å². The van der Waals surface area contributed by atoms with Crippen molar-refractivity contribution in [2.24, 2.45) is 0 Å². The normalized spacial score (nSPS) is 11.0. The van der Waals surface area contributed by atoms with Crippen LogP contribution in [0, 0.1) is 0 Å². The van der Waals surface area contributed by atoms with Gasteiger partial charge in [0, 0.05) is 36.5 Å². The van der Waals surface area contributed by atoms with Crippen LogP contribution in [0.2, 0.25) is 0 Å². The Morgan fingerprint density at radius 3 is 2.19 bits per heavy atom. The first kappa shape index (κ1) is 24.4. The summed E-state index contributed by atoms with van der Waals surface area (Å²) in [7, 11) is 0. The Kier molecular flexibility index (Phi) is 9.03. The molecule has 0 aliphatic carbocycles. The summed E-state index contributed by atoms with van der Waals surface area (Å²) in [6, 6.07) is 14.3. The summed E-state index contributed by atoms with van der Waals surface area (Å²) in [6.07, 6.45) is 0. The molecule has 0 atom stereocenters. The lowest BCUT2D eigenvalue weighted by atomic mass is 10.1. The Morgan fingerprint density at radius 1 is 0.935 bits per heavy atom. The summed E-state index contributed by atoms with van der Waals surface area (Å²) < 4.78 is 11.4. The Bertz CT molecular complexity index is 825. The van der Waals surface area contributed by atoms with E-state index in [1.54, 1.807) is 0 Å². The second kappa shape index (κ2) is 11.5. The maximum absolute atomic E-state index is 12.0. The number of carbonyl (C=O) groups excluding carboxylic acids is 1. The molecular weight excluding hydrogens is 390 g/mol. The average molecular weight is 428 g/mol. The molecular formula is C25H37N3O3. The fourth-order valence-corrected chi connectivity index (χ4v) is 3.23. The maximum atomic E-state index is 12.0. The summed E-state index contributed by atoms with van der Waals surface area (Å²) in [6.45, 7) is 15.2. The highest BCUT2D eigenvalue weighted by molar-refractivity contribution is 5.78. The van der Waals surface area contributed by atoms with Gasteiger partial charge in [0.05, 0.1) is 6.61 Å². The number of amides is 1. The molecule has 0 radical (unpaired) electrons. The van der Waals surface area contributed by atoms with Crippen LogP contribution in [0.15, 0.2) is 42.5 Å². The minimum Gasteiger partial charge on any atom is -0.490 e. The topological polar surface area (TPSA) is 62.8 Å². The van der Waals surface area contributed by atoms with Crippen LogP contribution in [0.1, 0.15) is 47.1 Å². The first-order valence-electron chi connectivity index (χ1n) is 11.0. The zero-order chi connectivity index (χ0) is 22.9. The lowest BCUT2D eigenvalue weighted by molar-refractivity contribution is -0.124. The van der Waals surface area contributed by atoms with Crippen molar-refractivity contribution in [3.63, 3.8) is 0 Å². The van der Waals surface area contributed by atoms with Gasteiger partial charge in [0.1, 0.15) is 0 Å². The summed E-state index contributed by atoms with van der Waals surface area (Å²) in [4.78, 5) is 14.4. The van der Waals surface area contributed by atoms with E-state index in [-0.39, 0.29) is 18.1 Å². The van der Waals surface area contributed by atoms with Crippen molar-refractivity contribution in [1.29, 1.82) is 0 Å². The summed E-state index contributed by atoms with van der Waals surface area (Å²) in [5.41, 5.74) is 3.07. The van der Waals surface area contributed by atoms with Crippen LogP contribution in [0.5, 0.6) is 11.5 Å². The third-order valence-corrected chi connectivity index (χ3v) is 4.67. The molecule has 0 heterocycles. The zero-order valence-corrected chi connectivity index (χ0v) is 19.7. The fourth-order valence-electron chi connectivity index (χ4n) is 3.23. The zero-order valence-electron chi connectivity index (χ0n) is 19.7. The van der Waals surface area contributed by atoms with Gasteiger partial charge in [-0.2, -0.15) is 0 Å². The quantitative estimate of drug-likeness (QED) is 0.537. The van der Waals surface area contributed by atoms with Crippen LogP contribution in [0.25, 0.3) is 0 Å². The minimum absolute atomic E-state index is 0.0478. The van der Waals surface area contributed by atoms with Crippen molar-refractivity contribution in [2.45, 2.75) is 53.6 Å². The molecule has 31 heavy (non-hydrogen) atoms. The molecule has 6 heteroatoms. The molecule has 0 spiro atoms. The van der Waals surface area contributed by atoms with E-state index in [4.69, 9.17) is 9.47 Å². The number of benzene rings is 2. The number of carbonyl (C=O) groups is 1. The number of nitrogens with one attached hydrogen (secondary N) is 2. The van der Waals surface area contributed by atoms with E-state index >= 15 is 0 Å². The minimum atomic E-state index is -0.289. The number of nitrogens with zero attached hydrogens (tertiary/aromatic N) is 1. The predicted molar refractivity (Wildman–Crippen MR) is 128 cm³/mol. The van der Waals surface area contributed by atoms with Gasteiger partial charge in [-0.05, 0) is 83.5 Å². The molecule has 2 N–H and O–H groups in total. The van der Waals surface area contributed by atoms with Crippen molar-refractivity contribution >= 4 is 17.3 Å². The lowest BCUT2D eigenvalue weighted by Gasteiger charge is -2.21. The summed E-state index contributed by atoms with van der Waals surface area (Å²) >= 11 is 0. The molecule has 0 fully saturated rings. The van der Waals surface area contributed by atoms with E-state index in [9.17, 15) is 4.79 Å². The molecule has 6 nitrogen and oxygen atoms in total. The molecule has 2 rings (SSSR count). The van der Waals surface area contributed by atoms with Crippen LogP contribution in [-0.4, -0.2) is 37.7 Å². The van der Waals surface area contributed by atoms with E-state index in [2.05, 4.69) is 53.6 Å². The smallest absolute Gasteiger partial charge is 0.258 e. The highest BCUT2D eigenvalue weighted by Crippen LogP contribution is 2.29. The highest BCUT2D eigenvalue weighted by atomic mass is 16.5. The summed E-state index contributed by atoms with van der Waals surface area (Å²) in [5, 5.41) is 6.34. The van der Waals surface area contributed by atoms with Crippen LogP contribution in [0.4, 0.5) is 11.4 Å².